The summed E-state index contributed by atoms with van der Waals surface area (Å²) in [6.07, 6.45) is 4.15. The first-order valence-corrected chi connectivity index (χ1v) is 7.34. The number of rotatable bonds is 3. The molecule has 2 saturated heterocycles. The molecule has 1 amide bonds. The minimum Gasteiger partial charge on any atom is -0.368 e. The van der Waals surface area contributed by atoms with E-state index in [-0.39, 0.29) is 17.9 Å². The molecule has 0 aliphatic carbocycles. The first-order valence-electron chi connectivity index (χ1n) is 7.34. The number of nitrogens with one attached hydrogen (secondary N) is 2. The lowest BCUT2D eigenvalue weighted by Crippen LogP contribution is -2.32. The molecule has 2 aliphatic rings. The zero-order chi connectivity index (χ0) is 13.9. The largest absolute Gasteiger partial charge is 0.368 e. The summed E-state index contributed by atoms with van der Waals surface area (Å²) >= 11 is 0. The van der Waals surface area contributed by atoms with Crippen LogP contribution in [0.25, 0.3) is 0 Å². The number of amides is 1. The molecule has 7 nitrogen and oxygen atoms in total. The van der Waals surface area contributed by atoms with Crippen LogP contribution in [-0.4, -0.2) is 46.9 Å². The molecule has 0 bridgehead atoms. The molecule has 0 radical (unpaired) electrons. The number of aromatic nitrogens is 3. The second-order valence-electron chi connectivity index (χ2n) is 5.58. The second-order valence-corrected chi connectivity index (χ2v) is 5.58. The molecule has 0 spiro atoms. The number of anilines is 2. The minimum absolute atomic E-state index is 0.142. The first-order chi connectivity index (χ1) is 9.74. The molecule has 3 rings (SSSR count). The predicted molar refractivity (Wildman–Crippen MR) is 74.6 cm³/mol. The van der Waals surface area contributed by atoms with Crippen LogP contribution in [0.1, 0.15) is 32.6 Å². The Morgan fingerprint density at radius 2 is 2.20 bits per heavy atom. The van der Waals surface area contributed by atoms with Crippen LogP contribution in [0, 0.1) is 5.92 Å². The standard InChI is InChI=1S/C13H21N5O2/c1-9-5-8-20-10(9)11(19)14-12-15-13(17-16-12)18-6-3-2-4-7-18/h9-10H,2-8H2,1H3,(H2,14,15,16,17,19). The van der Waals surface area contributed by atoms with E-state index in [1.54, 1.807) is 0 Å². The Morgan fingerprint density at radius 3 is 2.90 bits per heavy atom. The second kappa shape index (κ2) is 5.78. The van der Waals surface area contributed by atoms with E-state index >= 15 is 0 Å². The van der Waals surface area contributed by atoms with E-state index < -0.39 is 0 Å². The van der Waals surface area contributed by atoms with Gasteiger partial charge in [0.25, 0.3) is 5.91 Å². The molecule has 2 aliphatic heterocycles. The third-order valence-electron chi connectivity index (χ3n) is 4.00. The summed E-state index contributed by atoms with van der Waals surface area (Å²) in [5.41, 5.74) is 0. The number of piperidine rings is 1. The highest BCUT2D eigenvalue weighted by Gasteiger charge is 2.31. The molecular weight excluding hydrogens is 258 g/mol. The topological polar surface area (TPSA) is 83.1 Å². The van der Waals surface area contributed by atoms with Gasteiger partial charge in [0.2, 0.25) is 11.9 Å². The zero-order valence-electron chi connectivity index (χ0n) is 11.8. The summed E-state index contributed by atoms with van der Waals surface area (Å²) in [5.74, 6) is 1.18. The third-order valence-corrected chi connectivity index (χ3v) is 4.00. The van der Waals surface area contributed by atoms with Crippen molar-refractivity contribution in [2.75, 3.05) is 29.9 Å². The van der Waals surface area contributed by atoms with Crippen molar-refractivity contribution in [3.63, 3.8) is 0 Å². The lowest BCUT2D eigenvalue weighted by atomic mass is 10.0. The molecular formula is C13H21N5O2. The highest BCUT2D eigenvalue weighted by atomic mass is 16.5. The van der Waals surface area contributed by atoms with Crippen LogP contribution in [-0.2, 0) is 9.53 Å². The van der Waals surface area contributed by atoms with E-state index in [2.05, 4.69) is 25.4 Å². The molecule has 110 valence electrons. The fourth-order valence-electron chi connectivity index (χ4n) is 2.76. The van der Waals surface area contributed by atoms with Gasteiger partial charge in [-0.1, -0.05) is 6.92 Å². The molecule has 0 aromatic carbocycles. The van der Waals surface area contributed by atoms with E-state index in [1.807, 2.05) is 6.92 Å². The van der Waals surface area contributed by atoms with E-state index in [0.717, 1.165) is 19.5 Å². The van der Waals surface area contributed by atoms with Gasteiger partial charge < -0.3 is 9.64 Å². The lowest BCUT2D eigenvalue weighted by Gasteiger charge is -2.24. The summed E-state index contributed by atoms with van der Waals surface area (Å²) in [7, 11) is 0. The van der Waals surface area contributed by atoms with Gasteiger partial charge in [0.1, 0.15) is 6.10 Å². The fraction of sp³-hybridized carbons (Fsp3) is 0.769. The van der Waals surface area contributed by atoms with Crippen molar-refractivity contribution in [1.82, 2.24) is 15.2 Å². The van der Waals surface area contributed by atoms with E-state index in [9.17, 15) is 4.79 Å². The van der Waals surface area contributed by atoms with Gasteiger partial charge in [-0.3, -0.25) is 10.1 Å². The van der Waals surface area contributed by atoms with Crippen LogP contribution < -0.4 is 10.2 Å². The van der Waals surface area contributed by atoms with Crippen LogP contribution in [0.3, 0.4) is 0 Å². The van der Waals surface area contributed by atoms with E-state index in [4.69, 9.17) is 4.74 Å². The average molecular weight is 279 g/mol. The molecule has 2 N–H and O–H groups in total. The predicted octanol–water partition coefficient (Wildman–Crippen LogP) is 1.16. The van der Waals surface area contributed by atoms with Crippen LogP contribution in [0.2, 0.25) is 0 Å². The summed E-state index contributed by atoms with van der Waals surface area (Å²) in [6, 6.07) is 0. The molecule has 2 fully saturated rings. The van der Waals surface area contributed by atoms with Crippen LogP contribution in [0.4, 0.5) is 11.9 Å². The summed E-state index contributed by atoms with van der Waals surface area (Å²) in [6.45, 7) is 4.63. The summed E-state index contributed by atoms with van der Waals surface area (Å²) in [5, 5.41) is 9.71. The molecule has 3 heterocycles. The van der Waals surface area contributed by atoms with Crippen LogP contribution in [0.5, 0.6) is 0 Å². The maximum absolute atomic E-state index is 12.1. The number of aromatic amines is 1. The Morgan fingerprint density at radius 1 is 1.40 bits per heavy atom. The van der Waals surface area contributed by atoms with Crippen molar-refractivity contribution < 1.29 is 9.53 Å². The molecule has 1 aromatic rings. The maximum atomic E-state index is 12.1. The van der Waals surface area contributed by atoms with E-state index in [0.29, 0.717) is 18.5 Å². The summed E-state index contributed by atoms with van der Waals surface area (Å²) in [4.78, 5) is 18.6. The van der Waals surface area contributed by atoms with Crippen LogP contribution in [0.15, 0.2) is 0 Å². The first kappa shape index (κ1) is 13.4. The van der Waals surface area contributed by atoms with Gasteiger partial charge in [-0.15, -0.1) is 5.10 Å². The highest BCUT2D eigenvalue weighted by Crippen LogP contribution is 2.21. The fourth-order valence-corrected chi connectivity index (χ4v) is 2.76. The number of carbonyl (C=O) groups excluding carboxylic acids is 1. The monoisotopic (exact) mass is 279 g/mol. The zero-order valence-corrected chi connectivity index (χ0v) is 11.8. The molecule has 0 saturated carbocycles. The molecule has 2 atom stereocenters. The molecule has 7 heteroatoms. The van der Waals surface area contributed by atoms with Gasteiger partial charge in [0, 0.05) is 19.7 Å². The highest BCUT2D eigenvalue weighted by molar-refractivity contribution is 5.93. The lowest BCUT2D eigenvalue weighted by molar-refractivity contribution is -0.126. The average Bonchev–Trinajstić information content (AvgIpc) is 3.09. The quantitative estimate of drug-likeness (QED) is 0.867. The van der Waals surface area contributed by atoms with Gasteiger partial charge >= 0.3 is 0 Å². The van der Waals surface area contributed by atoms with E-state index in [1.165, 1.54) is 19.3 Å². The SMILES string of the molecule is CC1CCOC1C(=O)Nc1nc(N2CCCCC2)n[nH]1. The molecule has 1 aromatic heterocycles. The van der Waals surface area contributed by atoms with Crippen molar-refractivity contribution in [2.24, 2.45) is 5.92 Å². The smallest absolute Gasteiger partial charge is 0.256 e. The number of hydrogen-bond donors (Lipinski definition) is 2. The van der Waals surface area contributed by atoms with Crippen molar-refractivity contribution in [3.8, 4) is 0 Å². The van der Waals surface area contributed by atoms with Crippen molar-refractivity contribution in [1.29, 1.82) is 0 Å². The number of carbonyl (C=O) groups is 1. The number of ether oxygens (including phenoxy) is 1. The Bertz CT molecular complexity index is 469. The molecule has 2 unspecified atom stereocenters. The van der Waals surface area contributed by atoms with Crippen LogP contribution >= 0.6 is 0 Å². The van der Waals surface area contributed by atoms with Gasteiger partial charge in [-0.25, -0.2) is 5.10 Å². The Hall–Kier alpha value is -1.63. The normalized spacial score (nSPS) is 26.8. The molecule has 20 heavy (non-hydrogen) atoms. The Balaban J connectivity index is 1.60. The minimum atomic E-state index is -0.376. The van der Waals surface area contributed by atoms with Gasteiger partial charge in [0.15, 0.2) is 0 Å². The van der Waals surface area contributed by atoms with Crippen molar-refractivity contribution in [2.45, 2.75) is 38.7 Å². The Kier molecular flexibility index (Phi) is 3.86. The third kappa shape index (κ3) is 2.77. The number of H-pyrrole nitrogens is 1. The van der Waals surface area contributed by atoms with Gasteiger partial charge in [-0.05, 0) is 31.6 Å². The Labute approximate surface area is 118 Å². The number of hydrogen-bond acceptors (Lipinski definition) is 5. The van der Waals surface area contributed by atoms with Crippen molar-refractivity contribution in [3.05, 3.63) is 0 Å². The van der Waals surface area contributed by atoms with Crippen molar-refractivity contribution >= 4 is 17.8 Å². The number of nitrogens with zero attached hydrogens (tertiary/aromatic N) is 3. The van der Waals surface area contributed by atoms with Gasteiger partial charge in [-0.2, -0.15) is 4.98 Å². The van der Waals surface area contributed by atoms with Gasteiger partial charge in [0.05, 0.1) is 0 Å². The summed E-state index contributed by atoms with van der Waals surface area (Å²) < 4.78 is 5.44. The maximum Gasteiger partial charge on any atom is 0.256 e.